The fourth-order valence-corrected chi connectivity index (χ4v) is 4.53. The van der Waals surface area contributed by atoms with E-state index in [1.807, 2.05) is 31.2 Å². The van der Waals surface area contributed by atoms with Crippen LogP contribution in [0, 0.1) is 0 Å². The summed E-state index contributed by atoms with van der Waals surface area (Å²) in [6.07, 6.45) is 4.43. The van der Waals surface area contributed by atoms with Crippen LogP contribution in [0.5, 0.6) is 0 Å². The summed E-state index contributed by atoms with van der Waals surface area (Å²) in [5.41, 5.74) is 1.03. The predicted octanol–water partition coefficient (Wildman–Crippen LogP) is 3.61. The van der Waals surface area contributed by atoms with E-state index in [1.165, 1.54) is 0 Å². The van der Waals surface area contributed by atoms with E-state index in [9.17, 15) is 13.2 Å². The third-order valence-electron chi connectivity index (χ3n) is 4.19. The quantitative estimate of drug-likeness (QED) is 0.808. The van der Waals surface area contributed by atoms with Crippen molar-refractivity contribution < 1.29 is 13.2 Å². The number of rotatable bonds is 5. The van der Waals surface area contributed by atoms with Crippen LogP contribution in [0.25, 0.3) is 0 Å². The van der Waals surface area contributed by atoms with Crippen molar-refractivity contribution in [1.82, 2.24) is 4.90 Å². The van der Waals surface area contributed by atoms with Crippen LogP contribution in [0.1, 0.15) is 50.6 Å². The monoisotopic (exact) mass is 357 g/mol. The van der Waals surface area contributed by atoms with Crippen LogP contribution in [0.3, 0.4) is 0 Å². The molecule has 0 aliphatic carbocycles. The molecule has 0 N–H and O–H groups in total. The van der Waals surface area contributed by atoms with E-state index < -0.39 is 9.84 Å². The molecule has 0 bridgehead atoms. The highest BCUT2D eigenvalue weighted by Gasteiger charge is 2.29. The lowest BCUT2D eigenvalue weighted by molar-refractivity contribution is -0.130. The van der Waals surface area contributed by atoms with Gasteiger partial charge in [0.1, 0.15) is 5.75 Å². The smallest absolute Gasteiger partial charge is 0.238 e. The van der Waals surface area contributed by atoms with Crippen LogP contribution in [-0.2, 0) is 14.6 Å². The third kappa shape index (κ3) is 5.21. The summed E-state index contributed by atoms with van der Waals surface area (Å²) in [6.45, 7) is 2.43. The highest BCUT2D eigenvalue weighted by Crippen LogP contribution is 2.31. The van der Waals surface area contributed by atoms with Gasteiger partial charge in [0.2, 0.25) is 5.91 Å². The van der Waals surface area contributed by atoms with Crippen LogP contribution in [0.4, 0.5) is 0 Å². The SMILES string of the molecule is CCCS(=O)(=O)CC(=O)N1CCCCCC1c1ccc(Cl)cc1. The molecule has 1 aromatic carbocycles. The van der Waals surface area contributed by atoms with Gasteiger partial charge in [0.15, 0.2) is 9.84 Å². The molecular weight excluding hydrogens is 334 g/mol. The standard InChI is InChI=1S/C17H24ClNO3S/c1-2-12-23(21,22)13-17(20)19-11-5-3-4-6-16(19)14-7-9-15(18)10-8-14/h7-10,16H,2-6,11-13H2,1H3. The lowest BCUT2D eigenvalue weighted by Crippen LogP contribution is -2.39. The normalized spacial score (nSPS) is 19.4. The highest BCUT2D eigenvalue weighted by atomic mass is 35.5. The van der Waals surface area contributed by atoms with Gasteiger partial charge in [0, 0.05) is 11.6 Å². The minimum atomic E-state index is -3.32. The Morgan fingerprint density at radius 3 is 2.57 bits per heavy atom. The number of amides is 1. The average Bonchev–Trinajstić information content (AvgIpc) is 2.73. The molecule has 128 valence electrons. The minimum absolute atomic E-state index is 0.0564. The van der Waals surface area contributed by atoms with Gasteiger partial charge in [-0.1, -0.05) is 43.5 Å². The molecule has 1 aliphatic heterocycles. The third-order valence-corrected chi connectivity index (χ3v) is 6.16. The average molecular weight is 358 g/mol. The van der Waals surface area contributed by atoms with E-state index in [4.69, 9.17) is 11.6 Å². The van der Waals surface area contributed by atoms with Gasteiger partial charge in [-0.3, -0.25) is 4.79 Å². The molecule has 0 spiro atoms. The fourth-order valence-electron chi connectivity index (χ4n) is 3.09. The Hall–Kier alpha value is -1.07. The number of carbonyl (C=O) groups is 1. The topological polar surface area (TPSA) is 54.5 Å². The molecule has 0 radical (unpaired) electrons. The van der Waals surface area contributed by atoms with Crippen LogP contribution >= 0.6 is 11.6 Å². The molecule has 0 aromatic heterocycles. The second-order valence-electron chi connectivity index (χ2n) is 6.10. The lowest BCUT2D eigenvalue weighted by Gasteiger charge is -2.30. The summed E-state index contributed by atoms with van der Waals surface area (Å²) in [5.74, 6) is -0.594. The molecule has 1 atom stereocenters. The summed E-state index contributed by atoms with van der Waals surface area (Å²) in [5, 5.41) is 0.658. The van der Waals surface area contributed by atoms with Gasteiger partial charge >= 0.3 is 0 Å². The van der Waals surface area contributed by atoms with Gasteiger partial charge in [-0.05, 0) is 37.0 Å². The van der Waals surface area contributed by atoms with E-state index >= 15 is 0 Å². The Balaban J connectivity index is 2.21. The molecule has 0 saturated carbocycles. The van der Waals surface area contributed by atoms with E-state index in [-0.39, 0.29) is 23.5 Å². The number of likely N-dealkylation sites (tertiary alicyclic amines) is 1. The molecule has 2 rings (SSSR count). The van der Waals surface area contributed by atoms with Crippen molar-refractivity contribution in [3.05, 3.63) is 34.9 Å². The van der Waals surface area contributed by atoms with Gasteiger partial charge in [0.05, 0.1) is 11.8 Å². The van der Waals surface area contributed by atoms with Crippen LogP contribution < -0.4 is 0 Å². The van der Waals surface area contributed by atoms with Crippen molar-refractivity contribution >= 4 is 27.3 Å². The molecule has 4 nitrogen and oxygen atoms in total. The van der Waals surface area contributed by atoms with E-state index in [0.717, 1.165) is 31.2 Å². The summed E-state index contributed by atoms with van der Waals surface area (Å²) in [4.78, 5) is 14.4. The van der Waals surface area contributed by atoms with Crippen molar-refractivity contribution in [1.29, 1.82) is 0 Å². The Morgan fingerprint density at radius 2 is 1.91 bits per heavy atom. The number of halogens is 1. The van der Waals surface area contributed by atoms with Gasteiger partial charge < -0.3 is 4.90 Å². The van der Waals surface area contributed by atoms with Crippen molar-refractivity contribution in [3.63, 3.8) is 0 Å². The number of hydrogen-bond donors (Lipinski definition) is 0. The predicted molar refractivity (Wildman–Crippen MR) is 93.3 cm³/mol. The lowest BCUT2D eigenvalue weighted by atomic mass is 10.0. The van der Waals surface area contributed by atoms with Crippen molar-refractivity contribution in [3.8, 4) is 0 Å². The van der Waals surface area contributed by atoms with Crippen molar-refractivity contribution in [2.75, 3.05) is 18.1 Å². The van der Waals surface area contributed by atoms with Crippen LogP contribution in [-0.4, -0.2) is 37.3 Å². The second kappa shape index (κ2) is 8.15. The van der Waals surface area contributed by atoms with Crippen molar-refractivity contribution in [2.45, 2.75) is 45.1 Å². The van der Waals surface area contributed by atoms with Gasteiger partial charge in [0.25, 0.3) is 0 Å². The van der Waals surface area contributed by atoms with Crippen LogP contribution in [0.2, 0.25) is 5.02 Å². The number of hydrogen-bond acceptors (Lipinski definition) is 3. The summed E-state index contributed by atoms with van der Waals surface area (Å²) in [7, 11) is -3.32. The van der Waals surface area contributed by atoms with Crippen molar-refractivity contribution in [2.24, 2.45) is 0 Å². The zero-order valence-corrected chi connectivity index (χ0v) is 15.1. The molecule has 1 aromatic rings. The Labute approximate surface area is 143 Å². The van der Waals surface area contributed by atoms with Crippen LogP contribution in [0.15, 0.2) is 24.3 Å². The van der Waals surface area contributed by atoms with Gasteiger partial charge in [-0.15, -0.1) is 0 Å². The zero-order chi connectivity index (χ0) is 16.9. The second-order valence-corrected chi connectivity index (χ2v) is 8.72. The largest absolute Gasteiger partial charge is 0.335 e. The molecular formula is C17H24ClNO3S. The summed E-state index contributed by atoms with van der Waals surface area (Å²) >= 11 is 5.94. The summed E-state index contributed by atoms with van der Waals surface area (Å²) in [6, 6.07) is 7.44. The van der Waals surface area contributed by atoms with E-state index in [2.05, 4.69) is 0 Å². The van der Waals surface area contributed by atoms with Gasteiger partial charge in [-0.25, -0.2) is 8.42 Å². The highest BCUT2D eigenvalue weighted by molar-refractivity contribution is 7.92. The van der Waals surface area contributed by atoms with Gasteiger partial charge in [-0.2, -0.15) is 0 Å². The Kier molecular flexibility index (Phi) is 6.48. The Bertz CT molecular complexity index is 628. The maximum absolute atomic E-state index is 12.6. The van der Waals surface area contributed by atoms with E-state index in [0.29, 0.717) is 18.0 Å². The molecule has 1 saturated heterocycles. The maximum atomic E-state index is 12.6. The molecule has 1 fully saturated rings. The molecule has 1 unspecified atom stereocenters. The number of sulfone groups is 1. The first-order valence-electron chi connectivity index (χ1n) is 8.18. The van der Waals surface area contributed by atoms with E-state index in [1.54, 1.807) is 4.90 Å². The minimum Gasteiger partial charge on any atom is -0.335 e. The fraction of sp³-hybridized carbons (Fsp3) is 0.588. The number of benzene rings is 1. The first kappa shape index (κ1) is 18.3. The maximum Gasteiger partial charge on any atom is 0.238 e. The first-order chi connectivity index (χ1) is 10.9. The first-order valence-corrected chi connectivity index (χ1v) is 10.4. The molecule has 1 amide bonds. The number of nitrogens with zero attached hydrogens (tertiary/aromatic N) is 1. The molecule has 1 aliphatic rings. The molecule has 6 heteroatoms. The zero-order valence-electron chi connectivity index (χ0n) is 13.5. The molecule has 1 heterocycles. The summed E-state index contributed by atoms with van der Waals surface area (Å²) < 4.78 is 24.0. The Morgan fingerprint density at radius 1 is 1.22 bits per heavy atom. The molecule has 23 heavy (non-hydrogen) atoms. The number of carbonyl (C=O) groups excluding carboxylic acids is 1.